The van der Waals surface area contributed by atoms with Crippen LogP contribution in [-0.2, 0) is 9.53 Å². The zero-order valence-electron chi connectivity index (χ0n) is 12.8. The van der Waals surface area contributed by atoms with E-state index in [1.807, 2.05) is 43.3 Å². The summed E-state index contributed by atoms with van der Waals surface area (Å²) in [5.74, 6) is -0.678. The first kappa shape index (κ1) is 15.0. The van der Waals surface area contributed by atoms with Crippen molar-refractivity contribution in [2.24, 2.45) is 4.99 Å². The van der Waals surface area contributed by atoms with Gasteiger partial charge in [0.1, 0.15) is 5.82 Å². The van der Waals surface area contributed by atoms with Gasteiger partial charge in [0.2, 0.25) is 5.90 Å². The van der Waals surface area contributed by atoms with Crippen molar-refractivity contribution in [1.29, 1.82) is 0 Å². The number of anilines is 1. The Labute approximate surface area is 133 Å². The van der Waals surface area contributed by atoms with Crippen LogP contribution in [0.25, 0.3) is 6.08 Å². The third-order valence-electron chi connectivity index (χ3n) is 3.42. The molecule has 2 aromatic rings. The van der Waals surface area contributed by atoms with Gasteiger partial charge in [0.05, 0.1) is 0 Å². The minimum atomic E-state index is -0.513. The van der Waals surface area contributed by atoms with Gasteiger partial charge in [-0.3, -0.25) is 0 Å². The monoisotopic (exact) mass is 310 g/mol. The maximum atomic E-state index is 12.9. The third kappa shape index (κ3) is 3.29. The van der Waals surface area contributed by atoms with Gasteiger partial charge in [0.15, 0.2) is 5.70 Å². The Morgan fingerprint density at radius 2 is 1.70 bits per heavy atom. The van der Waals surface area contributed by atoms with E-state index in [1.54, 1.807) is 6.08 Å². The van der Waals surface area contributed by atoms with E-state index in [9.17, 15) is 9.18 Å². The maximum absolute atomic E-state index is 12.9. The average Bonchev–Trinajstić information content (AvgIpc) is 2.89. The highest BCUT2D eigenvalue weighted by molar-refractivity contribution is 6.12. The summed E-state index contributed by atoms with van der Waals surface area (Å²) in [7, 11) is 3.92. The number of hydrogen-bond donors (Lipinski definition) is 0. The Morgan fingerprint density at radius 3 is 2.30 bits per heavy atom. The normalized spacial score (nSPS) is 15.5. The van der Waals surface area contributed by atoms with Gasteiger partial charge in [-0.1, -0.05) is 12.1 Å². The Morgan fingerprint density at radius 1 is 1.04 bits per heavy atom. The lowest BCUT2D eigenvalue weighted by molar-refractivity contribution is -0.129. The number of rotatable bonds is 3. The van der Waals surface area contributed by atoms with Crippen LogP contribution in [0.3, 0.4) is 0 Å². The molecule has 1 aliphatic rings. The molecule has 116 valence electrons. The highest BCUT2D eigenvalue weighted by atomic mass is 19.1. The van der Waals surface area contributed by atoms with E-state index in [1.165, 1.54) is 24.3 Å². The van der Waals surface area contributed by atoms with E-state index in [-0.39, 0.29) is 17.4 Å². The zero-order valence-corrected chi connectivity index (χ0v) is 12.8. The maximum Gasteiger partial charge on any atom is 0.363 e. The number of benzene rings is 2. The van der Waals surface area contributed by atoms with Crippen LogP contribution in [0.2, 0.25) is 0 Å². The molecule has 2 aromatic carbocycles. The Balaban J connectivity index is 1.87. The van der Waals surface area contributed by atoms with Crippen LogP contribution in [0.4, 0.5) is 10.1 Å². The molecule has 0 saturated carbocycles. The first-order chi connectivity index (χ1) is 11.0. The highest BCUT2D eigenvalue weighted by Gasteiger charge is 2.24. The molecule has 4 nitrogen and oxygen atoms in total. The second kappa shape index (κ2) is 6.04. The lowest BCUT2D eigenvalue weighted by Gasteiger charge is -2.11. The van der Waals surface area contributed by atoms with Crippen molar-refractivity contribution in [1.82, 2.24) is 0 Å². The van der Waals surface area contributed by atoms with Crippen LogP contribution in [0.15, 0.2) is 59.2 Å². The molecule has 1 heterocycles. The minimum absolute atomic E-state index is 0.186. The molecule has 0 spiro atoms. The second-order valence-electron chi connectivity index (χ2n) is 5.33. The van der Waals surface area contributed by atoms with Crippen LogP contribution >= 0.6 is 0 Å². The average molecular weight is 310 g/mol. The van der Waals surface area contributed by atoms with Crippen LogP contribution in [0.5, 0.6) is 0 Å². The van der Waals surface area contributed by atoms with Gasteiger partial charge >= 0.3 is 5.97 Å². The smallest absolute Gasteiger partial charge is 0.363 e. The molecule has 0 bridgehead atoms. The molecule has 5 heteroatoms. The number of carbonyl (C=O) groups is 1. The topological polar surface area (TPSA) is 41.9 Å². The standard InChI is InChI=1S/C18H15FN2O2/c1-21(2)15-9-3-12(4-10-15)11-16-18(22)23-17(20-16)13-5-7-14(19)8-6-13/h3-11H,1-2H3/b16-11-. The summed E-state index contributed by atoms with van der Waals surface area (Å²) < 4.78 is 18.1. The van der Waals surface area contributed by atoms with Gasteiger partial charge in [0.25, 0.3) is 0 Å². The quantitative estimate of drug-likeness (QED) is 0.645. The van der Waals surface area contributed by atoms with Crippen molar-refractivity contribution >= 4 is 23.6 Å². The Hall–Kier alpha value is -2.95. The Bertz CT molecular complexity index is 791. The van der Waals surface area contributed by atoms with E-state index in [2.05, 4.69) is 4.99 Å². The van der Waals surface area contributed by atoms with E-state index in [0.717, 1.165) is 11.3 Å². The SMILES string of the molecule is CN(C)c1ccc(/C=C2\N=C(c3ccc(F)cc3)OC2=O)cc1. The van der Waals surface area contributed by atoms with E-state index in [4.69, 9.17) is 4.74 Å². The molecule has 1 aliphatic heterocycles. The first-order valence-electron chi connectivity index (χ1n) is 7.09. The third-order valence-corrected chi connectivity index (χ3v) is 3.42. The van der Waals surface area contributed by atoms with Crippen LogP contribution in [0, 0.1) is 5.82 Å². The van der Waals surface area contributed by atoms with Gasteiger partial charge < -0.3 is 9.64 Å². The summed E-state index contributed by atoms with van der Waals surface area (Å²) in [6.07, 6.45) is 1.66. The molecule has 0 aromatic heterocycles. The van der Waals surface area contributed by atoms with Gasteiger partial charge in [-0.15, -0.1) is 0 Å². The number of carbonyl (C=O) groups excluding carboxylic acids is 1. The predicted octanol–water partition coefficient (Wildman–Crippen LogP) is 3.24. The largest absolute Gasteiger partial charge is 0.402 e. The number of esters is 1. The molecular formula is C18H15FN2O2. The number of hydrogen-bond acceptors (Lipinski definition) is 4. The second-order valence-corrected chi connectivity index (χ2v) is 5.33. The van der Waals surface area contributed by atoms with Crippen molar-refractivity contribution in [3.05, 3.63) is 71.2 Å². The molecule has 0 atom stereocenters. The molecule has 23 heavy (non-hydrogen) atoms. The predicted molar refractivity (Wildman–Crippen MR) is 87.8 cm³/mol. The van der Waals surface area contributed by atoms with Crippen LogP contribution in [0.1, 0.15) is 11.1 Å². The molecule has 0 unspecified atom stereocenters. The summed E-state index contributed by atoms with van der Waals surface area (Å²) in [6, 6.07) is 13.4. The lowest BCUT2D eigenvalue weighted by Crippen LogP contribution is -2.08. The molecule has 0 aliphatic carbocycles. The summed E-state index contributed by atoms with van der Waals surface area (Å²) in [5.41, 5.74) is 2.70. The van der Waals surface area contributed by atoms with Gasteiger partial charge in [-0.25, -0.2) is 14.2 Å². The summed E-state index contributed by atoms with van der Waals surface area (Å²) in [4.78, 5) is 18.1. The lowest BCUT2D eigenvalue weighted by atomic mass is 10.1. The van der Waals surface area contributed by atoms with Crippen LogP contribution in [-0.4, -0.2) is 26.0 Å². The molecule has 0 fully saturated rings. The van der Waals surface area contributed by atoms with Gasteiger partial charge in [0, 0.05) is 25.3 Å². The number of nitrogens with zero attached hydrogens (tertiary/aromatic N) is 2. The van der Waals surface area contributed by atoms with E-state index in [0.29, 0.717) is 5.56 Å². The first-order valence-corrected chi connectivity index (χ1v) is 7.09. The summed E-state index contributed by atoms with van der Waals surface area (Å²) in [6.45, 7) is 0. The van der Waals surface area contributed by atoms with E-state index >= 15 is 0 Å². The molecular weight excluding hydrogens is 295 g/mol. The fourth-order valence-electron chi connectivity index (χ4n) is 2.15. The van der Waals surface area contributed by atoms with Crippen molar-refractivity contribution < 1.29 is 13.9 Å². The number of cyclic esters (lactones) is 1. The molecule has 0 radical (unpaired) electrons. The number of aliphatic imine (C=N–C) groups is 1. The number of ether oxygens (including phenoxy) is 1. The highest BCUT2D eigenvalue weighted by Crippen LogP contribution is 2.20. The zero-order chi connectivity index (χ0) is 16.4. The van der Waals surface area contributed by atoms with Crippen LogP contribution < -0.4 is 4.90 Å². The summed E-state index contributed by atoms with van der Waals surface area (Å²) >= 11 is 0. The van der Waals surface area contributed by atoms with Crippen molar-refractivity contribution in [3.63, 3.8) is 0 Å². The minimum Gasteiger partial charge on any atom is -0.402 e. The Kier molecular flexibility index (Phi) is 3.93. The van der Waals surface area contributed by atoms with Crippen molar-refractivity contribution in [2.45, 2.75) is 0 Å². The molecule has 3 rings (SSSR count). The molecule has 0 amide bonds. The van der Waals surface area contributed by atoms with Crippen molar-refractivity contribution in [3.8, 4) is 0 Å². The van der Waals surface area contributed by atoms with Gasteiger partial charge in [-0.05, 0) is 48.0 Å². The number of halogens is 1. The molecule has 0 saturated heterocycles. The molecule has 0 N–H and O–H groups in total. The van der Waals surface area contributed by atoms with Crippen molar-refractivity contribution in [2.75, 3.05) is 19.0 Å². The van der Waals surface area contributed by atoms with Gasteiger partial charge in [-0.2, -0.15) is 0 Å². The van der Waals surface area contributed by atoms with E-state index < -0.39 is 5.97 Å². The fourth-order valence-corrected chi connectivity index (χ4v) is 2.15. The fraction of sp³-hybridized carbons (Fsp3) is 0.111. The summed E-state index contributed by atoms with van der Waals surface area (Å²) in [5, 5.41) is 0.